The predicted octanol–water partition coefficient (Wildman–Crippen LogP) is 0.862. The van der Waals surface area contributed by atoms with E-state index in [0.29, 0.717) is 19.4 Å². The van der Waals surface area contributed by atoms with E-state index in [2.05, 4.69) is 16.0 Å². The van der Waals surface area contributed by atoms with Gasteiger partial charge in [-0.25, -0.2) is 9.59 Å². The highest BCUT2D eigenvalue weighted by atomic mass is 16.2. The number of rotatable bonds is 4. The molecule has 1 heterocycles. The van der Waals surface area contributed by atoms with E-state index < -0.39 is 36.0 Å². The average molecular weight is 358 g/mol. The van der Waals surface area contributed by atoms with Crippen molar-refractivity contribution in [1.29, 1.82) is 0 Å². The van der Waals surface area contributed by atoms with Crippen LogP contribution in [0.3, 0.4) is 0 Å². The van der Waals surface area contributed by atoms with E-state index in [0.717, 1.165) is 16.0 Å². The second-order valence-corrected chi connectivity index (χ2v) is 7.04. The van der Waals surface area contributed by atoms with Gasteiger partial charge in [0.1, 0.15) is 12.1 Å². The summed E-state index contributed by atoms with van der Waals surface area (Å²) >= 11 is 0. The Balaban J connectivity index is 1.67. The SMILES string of the molecule is CC(C)CNC(=O)NC(=O)CN1C(=O)N[C@@]2(CCc3ccccc32)C1=O. The van der Waals surface area contributed by atoms with Gasteiger partial charge in [0.2, 0.25) is 5.91 Å². The van der Waals surface area contributed by atoms with Crippen LogP contribution in [-0.2, 0) is 21.5 Å². The molecule has 3 N–H and O–H groups in total. The van der Waals surface area contributed by atoms with Crippen molar-refractivity contribution < 1.29 is 19.2 Å². The van der Waals surface area contributed by atoms with E-state index in [-0.39, 0.29) is 5.92 Å². The van der Waals surface area contributed by atoms with Gasteiger partial charge in [-0.2, -0.15) is 0 Å². The fourth-order valence-electron chi connectivity index (χ4n) is 3.38. The molecular weight excluding hydrogens is 336 g/mol. The lowest BCUT2D eigenvalue weighted by Gasteiger charge is -2.22. The van der Waals surface area contributed by atoms with Gasteiger partial charge in [0, 0.05) is 6.54 Å². The van der Waals surface area contributed by atoms with Crippen LogP contribution >= 0.6 is 0 Å². The Hall–Kier alpha value is -2.90. The number of nitrogens with zero attached hydrogens (tertiary/aromatic N) is 1. The van der Waals surface area contributed by atoms with Gasteiger partial charge in [0.05, 0.1) is 0 Å². The van der Waals surface area contributed by atoms with Crippen LogP contribution < -0.4 is 16.0 Å². The van der Waals surface area contributed by atoms with Crippen molar-refractivity contribution in [2.45, 2.75) is 32.2 Å². The highest BCUT2D eigenvalue weighted by molar-refractivity contribution is 6.10. The highest BCUT2D eigenvalue weighted by Crippen LogP contribution is 2.41. The molecule has 1 saturated heterocycles. The van der Waals surface area contributed by atoms with Gasteiger partial charge in [0.15, 0.2) is 0 Å². The standard InChI is InChI=1S/C18H22N4O4/c1-11(2)9-19-16(25)20-14(23)10-22-15(24)18(21-17(22)26)8-7-12-5-3-4-6-13(12)18/h3-6,11H,7-10H2,1-2H3,(H,21,26)(H2,19,20,23,25)/t18-/m1/s1. The minimum Gasteiger partial charge on any atom is -0.338 e. The molecule has 0 bridgehead atoms. The van der Waals surface area contributed by atoms with Gasteiger partial charge >= 0.3 is 12.1 Å². The number of aryl methyl sites for hydroxylation is 1. The number of carbonyl (C=O) groups excluding carboxylic acids is 4. The van der Waals surface area contributed by atoms with Gasteiger partial charge in [-0.3, -0.25) is 19.8 Å². The largest absolute Gasteiger partial charge is 0.338 e. The molecule has 8 nitrogen and oxygen atoms in total. The first-order valence-corrected chi connectivity index (χ1v) is 8.63. The number of carbonyl (C=O) groups is 4. The van der Waals surface area contributed by atoms with Gasteiger partial charge in [0.25, 0.3) is 5.91 Å². The number of hydrogen-bond donors (Lipinski definition) is 3. The molecule has 138 valence electrons. The number of nitrogens with one attached hydrogen (secondary N) is 3. The van der Waals surface area contributed by atoms with Crippen molar-refractivity contribution in [2.24, 2.45) is 5.92 Å². The van der Waals surface area contributed by atoms with E-state index >= 15 is 0 Å². The molecule has 0 saturated carbocycles. The lowest BCUT2D eigenvalue weighted by Crippen LogP contribution is -2.47. The number of urea groups is 2. The molecule has 1 aromatic rings. The van der Waals surface area contributed by atoms with Crippen LogP contribution in [0.5, 0.6) is 0 Å². The third-order valence-corrected chi connectivity index (χ3v) is 4.65. The van der Waals surface area contributed by atoms with Crippen molar-refractivity contribution in [3.8, 4) is 0 Å². The van der Waals surface area contributed by atoms with Crippen molar-refractivity contribution in [3.63, 3.8) is 0 Å². The minimum atomic E-state index is -1.10. The second-order valence-electron chi connectivity index (χ2n) is 7.04. The molecule has 0 radical (unpaired) electrons. The summed E-state index contributed by atoms with van der Waals surface area (Å²) in [5.41, 5.74) is 0.685. The average Bonchev–Trinajstić information content (AvgIpc) is 3.07. The topological polar surface area (TPSA) is 108 Å². The maximum Gasteiger partial charge on any atom is 0.325 e. The third kappa shape index (κ3) is 3.14. The number of amides is 6. The summed E-state index contributed by atoms with van der Waals surface area (Å²) < 4.78 is 0. The molecule has 6 amide bonds. The Morgan fingerprint density at radius 3 is 2.73 bits per heavy atom. The lowest BCUT2D eigenvalue weighted by atomic mass is 9.92. The molecule has 3 rings (SSSR count). The van der Waals surface area contributed by atoms with Crippen LogP contribution in [-0.4, -0.2) is 41.9 Å². The fraction of sp³-hybridized carbons (Fsp3) is 0.444. The molecule has 2 aliphatic rings. The maximum atomic E-state index is 12.9. The first kappa shape index (κ1) is 17.9. The van der Waals surface area contributed by atoms with Gasteiger partial charge in [-0.15, -0.1) is 0 Å². The molecule has 26 heavy (non-hydrogen) atoms. The van der Waals surface area contributed by atoms with E-state index in [1.165, 1.54) is 0 Å². The Morgan fingerprint density at radius 2 is 2.00 bits per heavy atom. The molecule has 8 heteroatoms. The number of fused-ring (bicyclic) bond motifs is 2. The van der Waals surface area contributed by atoms with Crippen LogP contribution in [0.2, 0.25) is 0 Å². The zero-order valence-corrected chi connectivity index (χ0v) is 14.8. The molecule has 1 spiro atoms. The summed E-state index contributed by atoms with van der Waals surface area (Å²) in [5.74, 6) is -0.924. The molecule has 0 aromatic heterocycles. The zero-order chi connectivity index (χ0) is 18.9. The quantitative estimate of drug-likeness (QED) is 0.694. The zero-order valence-electron chi connectivity index (χ0n) is 14.8. The molecule has 1 aliphatic carbocycles. The van der Waals surface area contributed by atoms with Crippen molar-refractivity contribution >= 4 is 23.9 Å². The molecule has 0 unspecified atom stereocenters. The predicted molar refractivity (Wildman–Crippen MR) is 93.1 cm³/mol. The number of imide groups is 2. The van der Waals surface area contributed by atoms with Crippen molar-refractivity contribution in [2.75, 3.05) is 13.1 Å². The van der Waals surface area contributed by atoms with Crippen LogP contribution in [0.15, 0.2) is 24.3 Å². The fourth-order valence-corrected chi connectivity index (χ4v) is 3.38. The van der Waals surface area contributed by atoms with E-state index in [9.17, 15) is 19.2 Å². The third-order valence-electron chi connectivity index (χ3n) is 4.65. The second kappa shape index (κ2) is 6.78. The molecule has 1 aromatic carbocycles. The molecule has 1 aliphatic heterocycles. The summed E-state index contributed by atoms with van der Waals surface area (Å²) in [5, 5.41) is 7.43. The van der Waals surface area contributed by atoms with E-state index in [4.69, 9.17) is 0 Å². The highest BCUT2D eigenvalue weighted by Gasteiger charge is 2.55. The van der Waals surface area contributed by atoms with Crippen LogP contribution in [0.25, 0.3) is 0 Å². The normalized spacial score (nSPS) is 21.1. The summed E-state index contributed by atoms with van der Waals surface area (Å²) in [6, 6.07) is 6.20. The van der Waals surface area contributed by atoms with Crippen molar-refractivity contribution in [1.82, 2.24) is 20.9 Å². The van der Waals surface area contributed by atoms with Crippen LogP contribution in [0.4, 0.5) is 9.59 Å². The summed E-state index contributed by atoms with van der Waals surface area (Å²) in [7, 11) is 0. The lowest BCUT2D eigenvalue weighted by molar-refractivity contribution is -0.135. The Kier molecular flexibility index (Phi) is 4.67. The summed E-state index contributed by atoms with van der Waals surface area (Å²) in [6.07, 6.45) is 1.14. The van der Waals surface area contributed by atoms with E-state index in [1.54, 1.807) is 0 Å². The number of hydrogen-bond acceptors (Lipinski definition) is 4. The first-order valence-electron chi connectivity index (χ1n) is 8.63. The Bertz CT molecular complexity index is 776. The smallest absolute Gasteiger partial charge is 0.325 e. The van der Waals surface area contributed by atoms with E-state index in [1.807, 2.05) is 38.1 Å². The van der Waals surface area contributed by atoms with Crippen LogP contribution in [0.1, 0.15) is 31.4 Å². The minimum absolute atomic E-state index is 0.240. The molecule has 1 fully saturated rings. The number of benzene rings is 1. The summed E-state index contributed by atoms with van der Waals surface area (Å²) in [4.78, 5) is 49.8. The van der Waals surface area contributed by atoms with Crippen molar-refractivity contribution in [3.05, 3.63) is 35.4 Å². The van der Waals surface area contributed by atoms with Gasteiger partial charge in [-0.1, -0.05) is 38.1 Å². The molecular formula is C18H22N4O4. The summed E-state index contributed by atoms with van der Waals surface area (Å²) in [6.45, 7) is 3.77. The van der Waals surface area contributed by atoms with Gasteiger partial charge in [-0.05, 0) is 29.9 Å². The van der Waals surface area contributed by atoms with Gasteiger partial charge < -0.3 is 10.6 Å². The first-order chi connectivity index (χ1) is 12.3. The Morgan fingerprint density at radius 1 is 1.27 bits per heavy atom. The monoisotopic (exact) mass is 358 g/mol. The van der Waals surface area contributed by atoms with Crippen LogP contribution in [0, 0.1) is 5.92 Å². The maximum absolute atomic E-state index is 12.9. The Labute approximate surface area is 151 Å². The molecule has 1 atom stereocenters.